The van der Waals surface area contributed by atoms with Gasteiger partial charge in [0.15, 0.2) is 0 Å². The lowest BCUT2D eigenvalue weighted by molar-refractivity contribution is 0.128. The van der Waals surface area contributed by atoms with Gasteiger partial charge in [-0.2, -0.15) is 0 Å². The standard InChI is InChI=1S/C18H30O4Si/c1-21-16-9-13(11-19)10-17(22-2)18(16)23(3,4)12-15(20)14-7-5-6-8-14/h9-10,14-15,19-20H,5-8,11-12H2,1-4H3/t15-/m1/s1. The topological polar surface area (TPSA) is 58.9 Å². The molecule has 2 N–H and O–H groups in total. The van der Waals surface area contributed by atoms with Crippen LogP contribution in [0.4, 0.5) is 0 Å². The molecule has 0 bridgehead atoms. The highest BCUT2D eigenvalue weighted by molar-refractivity contribution is 6.91. The first-order chi connectivity index (χ1) is 10.9. The molecule has 1 aliphatic carbocycles. The molecule has 1 fully saturated rings. The number of hydrogen-bond acceptors (Lipinski definition) is 4. The predicted octanol–water partition coefficient (Wildman–Crippen LogP) is 2.66. The van der Waals surface area contributed by atoms with Gasteiger partial charge >= 0.3 is 0 Å². The molecule has 0 unspecified atom stereocenters. The first-order valence-electron chi connectivity index (χ1n) is 8.47. The second kappa shape index (κ2) is 7.68. The normalized spacial score (nSPS) is 17.3. The molecule has 1 aliphatic rings. The SMILES string of the molecule is COc1cc(CO)cc(OC)c1[Si](C)(C)C[C@@H](O)C1CCCC1. The zero-order chi connectivity index (χ0) is 17.0. The summed E-state index contributed by atoms with van der Waals surface area (Å²) in [4.78, 5) is 0. The molecule has 1 saturated carbocycles. The number of ether oxygens (including phenoxy) is 2. The zero-order valence-corrected chi connectivity index (χ0v) is 15.8. The maximum Gasteiger partial charge on any atom is 0.122 e. The smallest absolute Gasteiger partial charge is 0.122 e. The molecule has 1 aromatic rings. The Morgan fingerprint density at radius 1 is 1.13 bits per heavy atom. The molecular weight excluding hydrogens is 308 g/mol. The van der Waals surface area contributed by atoms with Crippen molar-refractivity contribution in [2.75, 3.05) is 14.2 Å². The molecule has 0 aliphatic heterocycles. The van der Waals surface area contributed by atoms with E-state index in [0.29, 0.717) is 5.92 Å². The van der Waals surface area contributed by atoms with E-state index in [1.807, 2.05) is 12.1 Å². The van der Waals surface area contributed by atoms with Crippen LogP contribution in [0, 0.1) is 5.92 Å². The summed E-state index contributed by atoms with van der Waals surface area (Å²) in [5, 5.41) is 21.2. The number of methoxy groups -OCH3 is 2. The van der Waals surface area contributed by atoms with E-state index in [1.165, 1.54) is 12.8 Å². The molecular formula is C18H30O4Si. The maximum atomic E-state index is 10.7. The van der Waals surface area contributed by atoms with Crippen molar-refractivity contribution < 1.29 is 19.7 Å². The maximum absolute atomic E-state index is 10.7. The Kier molecular flexibility index (Phi) is 6.11. The molecule has 23 heavy (non-hydrogen) atoms. The summed E-state index contributed by atoms with van der Waals surface area (Å²) < 4.78 is 11.2. The average molecular weight is 339 g/mol. The minimum absolute atomic E-state index is 0.0420. The summed E-state index contributed by atoms with van der Waals surface area (Å²) in [6, 6.07) is 4.58. The molecule has 0 amide bonds. The average Bonchev–Trinajstić information content (AvgIpc) is 3.07. The Morgan fingerprint density at radius 2 is 1.65 bits per heavy atom. The van der Waals surface area contributed by atoms with Crippen molar-refractivity contribution in [3.63, 3.8) is 0 Å². The monoisotopic (exact) mass is 338 g/mol. The van der Waals surface area contributed by atoms with E-state index in [9.17, 15) is 10.2 Å². The van der Waals surface area contributed by atoms with Gasteiger partial charge in [0.05, 0.1) is 35.0 Å². The fourth-order valence-electron chi connectivity index (χ4n) is 3.86. The minimum atomic E-state index is -1.96. The molecule has 0 saturated heterocycles. The Labute approximate surface area is 140 Å². The van der Waals surface area contributed by atoms with Crippen molar-refractivity contribution in [1.82, 2.24) is 0 Å². The van der Waals surface area contributed by atoms with Gasteiger partial charge < -0.3 is 19.7 Å². The summed E-state index contributed by atoms with van der Waals surface area (Å²) in [6.45, 7) is 4.47. The van der Waals surface area contributed by atoms with Crippen molar-refractivity contribution in [2.24, 2.45) is 5.92 Å². The number of benzene rings is 1. The third-order valence-electron chi connectivity index (χ3n) is 5.09. The Bertz CT molecular complexity index is 499. The van der Waals surface area contributed by atoms with Gasteiger partial charge in [-0.25, -0.2) is 0 Å². The number of aliphatic hydroxyl groups is 2. The molecule has 0 heterocycles. The Hall–Kier alpha value is -1.04. The van der Waals surface area contributed by atoms with Crippen LogP contribution in [0.1, 0.15) is 31.2 Å². The number of rotatable bonds is 7. The van der Waals surface area contributed by atoms with Crippen LogP contribution in [-0.4, -0.2) is 38.6 Å². The molecule has 4 nitrogen and oxygen atoms in total. The molecule has 130 valence electrons. The van der Waals surface area contributed by atoms with E-state index in [0.717, 1.165) is 41.1 Å². The first-order valence-corrected chi connectivity index (χ1v) is 11.7. The van der Waals surface area contributed by atoms with Crippen molar-refractivity contribution in [1.29, 1.82) is 0 Å². The first kappa shape index (κ1) is 18.3. The summed E-state index contributed by atoms with van der Waals surface area (Å²) in [5.41, 5.74) is 0.781. The fraction of sp³-hybridized carbons (Fsp3) is 0.667. The van der Waals surface area contributed by atoms with Gasteiger partial charge in [-0.05, 0) is 42.5 Å². The molecule has 2 rings (SSSR count). The summed E-state index contributed by atoms with van der Waals surface area (Å²) >= 11 is 0. The van der Waals surface area contributed by atoms with E-state index in [1.54, 1.807) is 14.2 Å². The van der Waals surface area contributed by atoms with E-state index in [4.69, 9.17) is 9.47 Å². The summed E-state index contributed by atoms with van der Waals surface area (Å²) in [5.74, 6) is 1.97. The van der Waals surface area contributed by atoms with E-state index in [2.05, 4.69) is 13.1 Å². The van der Waals surface area contributed by atoms with Gasteiger partial charge in [0, 0.05) is 5.19 Å². The highest BCUT2D eigenvalue weighted by Crippen LogP contribution is 2.33. The second-order valence-electron chi connectivity index (χ2n) is 7.23. The Balaban J connectivity index is 2.33. The quantitative estimate of drug-likeness (QED) is 0.751. The van der Waals surface area contributed by atoms with Crippen LogP contribution in [-0.2, 0) is 6.61 Å². The van der Waals surface area contributed by atoms with Crippen molar-refractivity contribution in [3.05, 3.63) is 17.7 Å². The highest BCUT2D eigenvalue weighted by atomic mass is 28.3. The summed E-state index contributed by atoms with van der Waals surface area (Å²) in [7, 11) is 1.34. The van der Waals surface area contributed by atoms with Gasteiger partial charge in [-0.15, -0.1) is 0 Å². The third kappa shape index (κ3) is 4.08. The molecule has 5 heteroatoms. The molecule has 0 aromatic heterocycles. The highest BCUT2D eigenvalue weighted by Gasteiger charge is 2.36. The van der Waals surface area contributed by atoms with Crippen LogP contribution in [0.25, 0.3) is 0 Å². The zero-order valence-electron chi connectivity index (χ0n) is 14.8. The largest absolute Gasteiger partial charge is 0.497 e. The fourth-order valence-corrected chi connectivity index (χ4v) is 7.12. The summed E-state index contributed by atoms with van der Waals surface area (Å²) in [6.07, 6.45) is 4.52. The van der Waals surface area contributed by atoms with Gasteiger partial charge in [-0.1, -0.05) is 25.9 Å². The van der Waals surface area contributed by atoms with E-state index >= 15 is 0 Å². The van der Waals surface area contributed by atoms with Gasteiger partial charge in [0.1, 0.15) is 11.5 Å². The van der Waals surface area contributed by atoms with Crippen LogP contribution in [0.15, 0.2) is 12.1 Å². The van der Waals surface area contributed by atoms with Crippen LogP contribution >= 0.6 is 0 Å². The van der Waals surface area contributed by atoms with E-state index < -0.39 is 8.07 Å². The minimum Gasteiger partial charge on any atom is -0.497 e. The van der Waals surface area contributed by atoms with Gasteiger partial charge in [0.25, 0.3) is 0 Å². The molecule has 1 aromatic carbocycles. The molecule has 0 radical (unpaired) electrons. The van der Waals surface area contributed by atoms with Gasteiger partial charge in [-0.3, -0.25) is 0 Å². The van der Waals surface area contributed by atoms with Crippen LogP contribution in [0.2, 0.25) is 19.1 Å². The van der Waals surface area contributed by atoms with E-state index in [-0.39, 0.29) is 12.7 Å². The van der Waals surface area contributed by atoms with Crippen LogP contribution in [0.3, 0.4) is 0 Å². The van der Waals surface area contributed by atoms with Crippen molar-refractivity contribution in [3.8, 4) is 11.5 Å². The Morgan fingerprint density at radius 3 is 2.09 bits per heavy atom. The van der Waals surface area contributed by atoms with Crippen LogP contribution in [0.5, 0.6) is 11.5 Å². The number of aliphatic hydroxyl groups excluding tert-OH is 2. The third-order valence-corrected chi connectivity index (χ3v) is 8.37. The molecule has 1 atom stereocenters. The molecule has 0 spiro atoms. The predicted molar refractivity (Wildman–Crippen MR) is 95.4 cm³/mol. The number of hydrogen-bond donors (Lipinski definition) is 2. The van der Waals surface area contributed by atoms with Crippen LogP contribution < -0.4 is 14.7 Å². The lowest BCUT2D eigenvalue weighted by atomic mass is 10.0. The lowest BCUT2D eigenvalue weighted by Gasteiger charge is -2.31. The van der Waals surface area contributed by atoms with Crippen molar-refractivity contribution in [2.45, 2.75) is 57.5 Å². The lowest BCUT2D eigenvalue weighted by Crippen LogP contribution is -2.46. The second-order valence-corrected chi connectivity index (χ2v) is 11.9. The van der Waals surface area contributed by atoms with Crippen molar-refractivity contribution >= 4 is 13.3 Å². The van der Waals surface area contributed by atoms with Gasteiger partial charge in [0.2, 0.25) is 0 Å².